The molecular formula is C33H52O13S. The summed E-state index contributed by atoms with van der Waals surface area (Å²) in [5.74, 6) is -0.833. The summed E-state index contributed by atoms with van der Waals surface area (Å²) in [7, 11) is -4.71. The predicted molar refractivity (Wildman–Crippen MR) is 165 cm³/mol. The van der Waals surface area contributed by atoms with Crippen LogP contribution in [0.4, 0.5) is 0 Å². The minimum atomic E-state index is -4.71. The van der Waals surface area contributed by atoms with Gasteiger partial charge in [-0.2, -0.15) is 8.42 Å². The van der Waals surface area contributed by atoms with Crippen molar-refractivity contribution in [1.82, 2.24) is 0 Å². The van der Waals surface area contributed by atoms with Gasteiger partial charge in [-0.15, -0.1) is 0 Å². The fourth-order valence-electron chi connectivity index (χ4n) is 10.8. The Morgan fingerprint density at radius 2 is 1.83 bits per heavy atom. The smallest absolute Gasteiger partial charge is 0.394 e. The molecule has 0 amide bonds. The van der Waals surface area contributed by atoms with Crippen molar-refractivity contribution in [2.24, 2.45) is 40.4 Å². The molecule has 0 aromatic rings. The van der Waals surface area contributed by atoms with Crippen LogP contribution >= 0.6 is 0 Å². The van der Waals surface area contributed by atoms with Crippen molar-refractivity contribution < 1.29 is 62.0 Å². The third kappa shape index (κ3) is 6.08. The molecule has 2 saturated heterocycles. The lowest BCUT2D eigenvalue weighted by Crippen LogP contribution is -2.59. The van der Waals surface area contributed by atoms with Crippen molar-refractivity contribution in [2.75, 3.05) is 13.2 Å². The van der Waals surface area contributed by atoms with Crippen molar-refractivity contribution in [1.29, 1.82) is 0 Å². The molecule has 0 aromatic heterocycles. The van der Waals surface area contributed by atoms with E-state index in [1.54, 1.807) is 0 Å². The van der Waals surface area contributed by atoms with Crippen molar-refractivity contribution >= 4 is 10.4 Å². The lowest BCUT2D eigenvalue weighted by molar-refractivity contribution is -0.299. The quantitative estimate of drug-likeness (QED) is 0.134. The van der Waals surface area contributed by atoms with E-state index in [9.17, 15) is 43.6 Å². The number of rotatable bonds is 9. The minimum absolute atomic E-state index is 0.0313. The monoisotopic (exact) mass is 688 g/mol. The first-order valence-electron chi connectivity index (χ1n) is 16.9. The summed E-state index contributed by atoms with van der Waals surface area (Å²) < 4.78 is 56.1. The Balaban J connectivity index is 1.10. The molecule has 0 radical (unpaired) electrons. The van der Waals surface area contributed by atoms with Gasteiger partial charge in [0.2, 0.25) is 0 Å². The second-order valence-electron chi connectivity index (χ2n) is 15.6. The van der Waals surface area contributed by atoms with Gasteiger partial charge in [0.1, 0.15) is 24.4 Å². The average Bonchev–Trinajstić information content (AvgIpc) is 3.43. The van der Waals surface area contributed by atoms with Crippen molar-refractivity contribution in [2.45, 2.75) is 127 Å². The van der Waals surface area contributed by atoms with E-state index in [0.717, 1.165) is 31.3 Å². The second-order valence-corrected chi connectivity index (χ2v) is 16.6. The summed E-state index contributed by atoms with van der Waals surface area (Å²) in [6.07, 6.45) is -1.93. The van der Waals surface area contributed by atoms with E-state index in [4.69, 9.17) is 18.4 Å². The highest BCUT2D eigenvalue weighted by Crippen LogP contribution is 2.70. The van der Waals surface area contributed by atoms with E-state index in [2.05, 4.69) is 19.6 Å². The average molecular weight is 689 g/mol. The van der Waals surface area contributed by atoms with Crippen molar-refractivity contribution in [3.8, 4) is 0 Å². The summed E-state index contributed by atoms with van der Waals surface area (Å²) in [5.41, 5.74) is 0.865. The number of fused-ring (bicyclic) bond motifs is 7. The summed E-state index contributed by atoms with van der Waals surface area (Å²) in [4.78, 5) is 0. The molecule has 3 saturated carbocycles. The number of hydrogen-bond donors (Lipinski definition) is 7. The van der Waals surface area contributed by atoms with Crippen LogP contribution in [-0.4, -0.2) is 112 Å². The minimum Gasteiger partial charge on any atom is -0.394 e. The maximum atomic E-state index is 11.8. The summed E-state index contributed by atoms with van der Waals surface area (Å²) in [6, 6.07) is 0. The fourth-order valence-corrected chi connectivity index (χ4v) is 11.3. The van der Waals surface area contributed by atoms with Gasteiger partial charge in [0, 0.05) is 24.2 Å². The SMILES string of the molecule is C=C(CCC1(O)OC2CC3C4CC=C5CC(O)CC(OS(=O)(=O)O)C5(C)C4CCC3(C)C2C1C)COC1OC(CO)C(O)C(O)C1O. The molecule has 6 rings (SSSR count). The van der Waals surface area contributed by atoms with E-state index < -0.39 is 71.1 Å². The number of allylic oxidation sites excluding steroid dienone is 1. The van der Waals surface area contributed by atoms with Crippen molar-refractivity contribution in [3.05, 3.63) is 23.8 Å². The van der Waals surface area contributed by atoms with E-state index >= 15 is 0 Å². The standard InChI is InChI=1S/C33H52O13S/c1-16(15-43-30-29(38)28(37)27(36)24(14-34)44-30)7-10-33(39)17(2)26-23(45-33)13-22-20-6-5-18-11-19(35)12-25(46-47(40,41)42)32(18,4)21(20)8-9-31(22,26)3/h5,17,19-30,34-39H,1,6-15H2,2-4H3,(H,40,41,42). The van der Waals surface area contributed by atoms with Gasteiger partial charge >= 0.3 is 10.4 Å². The van der Waals surface area contributed by atoms with Gasteiger partial charge in [0.25, 0.3) is 0 Å². The van der Waals surface area contributed by atoms with Crippen LogP contribution < -0.4 is 0 Å². The van der Waals surface area contributed by atoms with Crippen LogP contribution in [0.1, 0.15) is 72.1 Å². The maximum absolute atomic E-state index is 11.8. The summed E-state index contributed by atoms with van der Waals surface area (Å²) >= 11 is 0. The molecule has 4 aliphatic carbocycles. The molecule has 13 nitrogen and oxygen atoms in total. The van der Waals surface area contributed by atoms with Gasteiger partial charge in [-0.1, -0.05) is 44.6 Å². The van der Waals surface area contributed by atoms with Crippen LogP contribution in [0.15, 0.2) is 23.8 Å². The highest BCUT2D eigenvalue weighted by atomic mass is 32.3. The lowest BCUT2D eigenvalue weighted by atomic mass is 9.46. The lowest BCUT2D eigenvalue weighted by Gasteiger charge is -2.59. The molecule has 5 fully saturated rings. The van der Waals surface area contributed by atoms with Crippen LogP contribution in [0.2, 0.25) is 0 Å². The third-order valence-corrected chi connectivity index (χ3v) is 13.7. The first-order chi connectivity index (χ1) is 21.9. The van der Waals surface area contributed by atoms with Crippen LogP contribution in [-0.2, 0) is 28.8 Å². The Morgan fingerprint density at radius 3 is 2.51 bits per heavy atom. The molecule has 0 aromatic carbocycles. The van der Waals surface area contributed by atoms with E-state index in [1.807, 2.05) is 13.8 Å². The zero-order valence-electron chi connectivity index (χ0n) is 27.3. The zero-order valence-corrected chi connectivity index (χ0v) is 28.2. The van der Waals surface area contributed by atoms with Crippen LogP contribution in [0, 0.1) is 40.4 Å². The fraction of sp³-hybridized carbons (Fsp3) is 0.879. The number of aliphatic hydroxyl groups is 6. The highest BCUT2D eigenvalue weighted by Gasteiger charge is 2.68. The van der Waals surface area contributed by atoms with Gasteiger partial charge in [0.15, 0.2) is 12.1 Å². The molecule has 268 valence electrons. The van der Waals surface area contributed by atoms with Crippen LogP contribution in [0.3, 0.4) is 0 Å². The summed E-state index contributed by atoms with van der Waals surface area (Å²) in [6.45, 7) is 9.83. The first-order valence-corrected chi connectivity index (χ1v) is 18.3. The summed E-state index contributed by atoms with van der Waals surface area (Å²) in [5, 5.41) is 62.0. The van der Waals surface area contributed by atoms with Crippen LogP contribution in [0.5, 0.6) is 0 Å². The molecule has 14 heteroatoms. The topological polar surface area (TPSA) is 213 Å². The second kappa shape index (κ2) is 12.6. The van der Waals surface area contributed by atoms with Gasteiger partial charge in [-0.3, -0.25) is 4.55 Å². The predicted octanol–water partition coefficient (Wildman–Crippen LogP) is 1.21. The molecule has 2 heterocycles. The van der Waals surface area contributed by atoms with Gasteiger partial charge < -0.3 is 44.8 Å². The molecule has 0 bridgehead atoms. The normalized spacial score (nSPS) is 51.0. The van der Waals surface area contributed by atoms with Gasteiger partial charge in [-0.25, -0.2) is 4.18 Å². The van der Waals surface area contributed by atoms with Gasteiger partial charge in [0.05, 0.1) is 31.5 Å². The van der Waals surface area contributed by atoms with E-state index in [1.165, 1.54) is 0 Å². The maximum Gasteiger partial charge on any atom is 0.397 e. The van der Waals surface area contributed by atoms with E-state index in [-0.39, 0.29) is 60.6 Å². The van der Waals surface area contributed by atoms with Crippen molar-refractivity contribution in [3.63, 3.8) is 0 Å². The Hall–Kier alpha value is -1.01. The molecule has 47 heavy (non-hydrogen) atoms. The largest absolute Gasteiger partial charge is 0.397 e. The number of aliphatic hydroxyl groups excluding tert-OH is 5. The Morgan fingerprint density at radius 1 is 1.11 bits per heavy atom. The molecule has 7 N–H and O–H groups in total. The zero-order chi connectivity index (χ0) is 34.3. The van der Waals surface area contributed by atoms with Crippen LogP contribution in [0.25, 0.3) is 0 Å². The first kappa shape index (κ1) is 35.8. The molecule has 16 atom stereocenters. The number of hydrogen-bond acceptors (Lipinski definition) is 12. The molecule has 0 spiro atoms. The van der Waals surface area contributed by atoms with Gasteiger partial charge in [-0.05, 0) is 67.6 Å². The Kier molecular flexibility index (Phi) is 9.63. The molecule has 16 unspecified atom stereocenters. The Labute approximate surface area is 276 Å². The molecule has 6 aliphatic rings. The third-order valence-electron chi connectivity index (χ3n) is 13.2. The number of ether oxygens (including phenoxy) is 3. The Bertz CT molecular complexity index is 1340. The van der Waals surface area contributed by atoms with E-state index in [0.29, 0.717) is 18.4 Å². The molecule has 2 aliphatic heterocycles. The molecular weight excluding hydrogens is 636 g/mol. The highest BCUT2D eigenvalue weighted by molar-refractivity contribution is 7.80.